The summed E-state index contributed by atoms with van der Waals surface area (Å²) in [6.07, 6.45) is 8.26. The quantitative estimate of drug-likeness (QED) is 0.521. The summed E-state index contributed by atoms with van der Waals surface area (Å²) < 4.78 is 2.06. The monoisotopic (exact) mass is 423 g/mol. The second kappa shape index (κ2) is 10.7. The fourth-order valence-corrected chi connectivity index (χ4v) is 3.89. The Morgan fingerprint density at radius 3 is 2.39 bits per heavy atom. The summed E-state index contributed by atoms with van der Waals surface area (Å²) >= 11 is 0. The van der Waals surface area contributed by atoms with Crippen LogP contribution in [-0.2, 0) is 24.8 Å². The number of aromatic nitrogens is 1. The van der Waals surface area contributed by atoms with Crippen molar-refractivity contribution in [2.75, 3.05) is 6.54 Å². The highest BCUT2D eigenvalue weighted by Gasteiger charge is 2.35. The SMILES string of the molecule is CCCCc1ccc(C(=O)N(CC(=O)N(Cc2cccn2C)C2CC2)[C@@H](C)CC)cc1. The molecule has 0 N–H and O–H groups in total. The molecule has 0 radical (unpaired) electrons. The van der Waals surface area contributed by atoms with Crippen LogP contribution in [0.2, 0.25) is 0 Å². The van der Waals surface area contributed by atoms with Crippen LogP contribution in [0.3, 0.4) is 0 Å². The van der Waals surface area contributed by atoms with Crippen LogP contribution in [-0.4, -0.2) is 44.8 Å². The predicted octanol–water partition coefficient (Wildman–Crippen LogP) is 4.80. The lowest BCUT2D eigenvalue weighted by Gasteiger charge is -2.31. The summed E-state index contributed by atoms with van der Waals surface area (Å²) in [5, 5.41) is 0. The Kier molecular flexibility index (Phi) is 7.94. The molecule has 1 aromatic heterocycles. The van der Waals surface area contributed by atoms with E-state index >= 15 is 0 Å². The first-order valence-corrected chi connectivity index (χ1v) is 11.7. The third-order valence-corrected chi connectivity index (χ3v) is 6.40. The lowest BCUT2D eigenvalue weighted by Crippen LogP contribution is -2.47. The molecule has 0 spiro atoms. The molecule has 1 heterocycles. The van der Waals surface area contributed by atoms with Crippen LogP contribution < -0.4 is 0 Å². The molecule has 1 saturated carbocycles. The van der Waals surface area contributed by atoms with Crippen molar-refractivity contribution in [1.29, 1.82) is 0 Å². The van der Waals surface area contributed by atoms with Gasteiger partial charge in [-0.05, 0) is 68.9 Å². The van der Waals surface area contributed by atoms with E-state index in [1.165, 1.54) is 5.56 Å². The van der Waals surface area contributed by atoms with Crippen LogP contribution in [0.5, 0.6) is 0 Å². The van der Waals surface area contributed by atoms with E-state index in [0.717, 1.165) is 44.2 Å². The number of nitrogens with zero attached hydrogens (tertiary/aromatic N) is 3. The lowest BCUT2D eigenvalue weighted by atomic mass is 10.0. The molecule has 0 bridgehead atoms. The lowest BCUT2D eigenvalue weighted by molar-refractivity contribution is -0.133. The molecule has 0 unspecified atom stereocenters. The molecule has 5 nitrogen and oxygen atoms in total. The Bertz CT molecular complexity index is 867. The maximum atomic E-state index is 13.3. The molecule has 2 aromatic rings. The second-order valence-corrected chi connectivity index (χ2v) is 8.85. The van der Waals surface area contributed by atoms with Crippen molar-refractivity contribution >= 4 is 11.8 Å². The van der Waals surface area contributed by atoms with E-state index in [0.29, 0.717) is 18.2 Å². The first kappa shape index (κ1) is 23.1. The van der Waals surface area contributed by atoms with E-state index in [4.69, 9.17) is 0 Å². The predicted molar refractivity (Wildman–Crippen MR) is 125 cm³/mol. The van der Waals surface area contributed by atoms with Crippen molar-refractivity contribution in [3.05, 3.63) is 59.4 Å². The van der Waals surface area contributed by atoms with Crippen LogP contribution in [0.1, 0.15) is 74.5 Å². The van der Waals surface area contributed by atoms with E-state index in [-0.39, 0.29) is 24.4 Å². The van der Waals surface area contributed by atoms with Crippen molar-refractivity contribution in [3.8, 4) is 0 Å². The third kappa shape index (κ3) is 5.99. The summed E-state index contributed by atoms with van der Waals surface area (Å²) in [6, 6.07) is 12.3. The van der Waals surface area contributed by atoms with Crippen molar-refractivity contribution in [2.45, 2.75) is 77.9 Å². The molecule has 0 saturated heterocycles. The van der Waals surface area contributed by atoms with E-state index in [1.54, 1.807) is 4.90 Å². The molecular weight excluding hydrogens is 386 g/mol. The largest absolute Gasteiger partial charge is 0.353 e. The van der Waals surface area contributed by atoms with Gasteiger partial charge in [-0.15, -0.1) is 0 Å². The second-order valence-electron chi connectivity index (χ2n) is 8.85. The Hall–Kier alpha value is -2.56. The van der Waals surface area contributed by atoms with E-state index < -0.39 is 0 Å². The Morgan fingerprint density at radius 2 is 1.84 bits per heavy atom. The smallest absolute Gasteiger partial charge is 0.254 e. The van der Waals surface area contributed by atoms with E-state index in [2.05, 4.69) is 24.5 Å². The molecule has 5 heteroatoms. The molecule has 1 aliphatic carbocycles. The highest BCUT2D eigenvalue weighted by atomic mass is 16.2. The topological polar surface area (TPSA) is 45.6 Å². The van der Waals surface area contributed by atoms with Gasteiger partial charge in [-0.1, -0.05) is 32.4 Å². The molecule has 2 amide bonds. The number of hydrogen-bond donors (Lipinski definition) is 0. The fraction of sp³-hybridized carbons (Fsp3) is 0.538. The van der Waals surface area contributed by atoms with Gasteiger partial charge in [0, 0.05) is 36.6 Å². The first-order chi connectivity index (χ1) is 14.9. The van der Waals surface area contributed by atoms with Gasteiger partial charge in [0.05, 0.1) is 6.54 Å². The van der Waals surface area contributed by atoms with Crippen molar-refractivity contribution in [1.82, 2.24) is 14.4 Å². The summed E-state index contributed by atoms with van der Waals surface area (Å²) in [6.45, 7) is 7.00. The Morgan fingerprint density at radius 1 is 1.13 bits per heavy atom. The standard InChI is InChI=1S/C26H37N3O2/c1-5-7-9-21-11-13-22(14-12-21)26(31)28(20(3)6-2)19-25(30)29(23-15-16-23)18-24-10-8-17-27(24)4/h8,10-14,17,20,23H,5-7,9,15-16,18-19H2,1-4H3/t20-/m0/s1. The maximum Gasteiger partial charge on any atom is 0.254 e. The van der Waals surface area contributed by atoms with E-state index in [9.17, 15) is 9.59 Å². The molecule has 168 valence electrons. The van der Waals surface area contributed by atoms with Crippen LogP contribution >= 0.6 is 0 Å². The van der Waals surface area contributed by atoms with Crippen molar-refractivity contribution in [3.63, 3.8) is 0 Å². The van der Waals surface area contributed by atoms with Gasteiger partial charge in [0.25, 0.3) is 5.91 Å². The first-order valence-electron chi connectivity index (χ1n) is 11.7. The average molecular weight is 424 g/mol. The number of unbranched alkanes of at least 4 members (excludes halogenated alkanes) is 1. The van der Waals surface area contributed by atoms with Crippen LogP contribution in [0.4, 0.5) is 0 Å². The summed E-state index contributed by atoms with van der Waals surface area (Å²) in [7, 11) is 2.00. The van der Waals surface area contributed by atoms with Gasteiger partial charge in [0.1, 0.15) is 6.54 Å². The minimum Gasteiger partial charge on any atom is -0.353 e. The van der Waals surface area contributed by atoms with Gasteiger partial charge < -0.3 is 14.4 Å². The number of aryl methyl sites for hydroxylation is 2. The molecule has 0 aliphatic heterocycles. The molecule has 31 heavy (non-hydrogen) atoms. The number of carbonyl (C=O) groups excluding carboxylic acids is 2. The molecule has 1 atom stereocenters. The molecule has 1 aliphatic rings. The number of rotatable bonds is 11. The van der Waals surface area contributed by atoms with Crippen LogP contribution in [0, 0.1) is 0 Å². The Labute approximate surface area is 187 Å². The zero-order chi connectivity index (χ0) is 22.4. The van der Waals surface area contributed by atoms with Gasteiger partial charge in [0.2, 0.25) is 5.91 Å². The van der Waals surface area contributed by atoms with Gasteiger partial charge in [-0.3, -0.25) is 9.59 Å². The minimum atomic E-state index is -0.0562. The number of benzene rings is 1. The highest BCUT2D eigenvalue weighted by Crippen LogP contribution is 2.29. The summed E-state index contributed by atoms with van der Waals surface area (Å²) in [5.74, 6) is -0.0173. The molecule has 3 rings (SSSR count). The average Bonchev–Trinajstić information content (AvgIpc) is 3.55. The Balaban J connectivity index is 1.73. The number of amides is 2. The van der Waals surface area contributed by atoms with Crippen molar-refractivity contribution < 1.29 is 9.59 Å². The van der Waals surface area contributed by atoms with Crippen LogP contribution in [0.25, 0.3) is 0 Å². The molecule has 1 aromatic carbocycles. The van der Waals surface area contributed by atoms with Gasteiger partial charge >= 0.3 is 0 Å². The highest BCUT2D eigenvalue weighted by molar-refractivity contribution is 5.96. The van der Waals surface area contributed by atoms with Gasteiger partial charge in [-0.25, -0.2) is 0 Å². The third-order valence-electron chi connectivity index (χ3n) is 6.40. The normalized spacial score (nSPS) is 14.3. The minimum absolute atomic E-state index is 0.00677. The molecule has 1 fully saturated rings. The zero-order valence-corrected chi connectivity index (χ0v) is 19.5. The maximum absolute atomic E-state index is 13.3. The van der Waals surface area contributed by atoms with Crippen molar-refractivity contribution in [2.24, 2.45) is 7.05 Å². The summed E-state index contributed by atoms with van der Waals surface area (Å²) in [4.78, 5) is 30.4. The summed E-state index contributed by atoms with van der Waals surface area (Å²) in [5.41, 5.74) is 3.03. The molecular formula is C26H37N3O2. The van der Waals surface area contributed by atoms with Gasteiger partial charge in [-0.2, -0.15) is 0 Å². The zero-order valence-electron chi connectivity index (χ0n) is 19.5. The number of hydrogen-bond acceptors (Lipinski definition) is 2. The number of carbonyl (C=O) groups is 2. The van der Waals surface area contributed by atoms with Crippen LogP contribution in [0.15, 0.2) is 42.6 Å². The van der Waals surface area contributed by atoms with E-state index in [1.807, 2.05) is 55.4 Å². The van der Waals surface area contributed by atoms with Gasteiger partial charge in [0.15, 0.2) is 0 Å². The fourth-order valence-electron chi connectivity index (χ4n) is 3.89.